The summed E-state index contributed by atoms with van der Waals surface area (Å²) in [5.41, 5.74) is -0.319. The van der Waals surface area contributed by atoms with Crippen LogP contribution in [0.3, 0.4) is 0 Å². The van der Waals surface area contributed by atoms with Crippen molar-refractivity contribution in [1.29, 1.82) is 0 Å². The van der Waals surface area contributed by atoms with Gasteiger partial charge in [0.2, 0.25) is 5.91 Å². The number of aryl methyl sites for hydroxylation is 1. The summed E-state index contributed by atoms with van der Waals surface area (Å²) >= 11 is 0. The van der Waals surface area contributed by atoms with Gasteiger partial charge in [-0.05, 0) is 31.7 Å². The molecule has 7 heteroatoms. The zero-order valence-electron chi connectivity index (χ0n) is 15.4. The number of nitrogens with zero attached hydrogens (tertiary/aromatic N) is 4. The van der Waals surface area contributed by atoms with E-state index in [1.165, 1.54) is 0 Å². The molecule has 2 atom stereocenters. The molecule has 0 spiro atoms. The maximum absolute atomic E-state index is 12.8. The van der Waals surface area contributed by atoms with Crippen molar-refractivity contribution < 1.29 is 14.7 Å². The average Bonchev–Trinajstić information content (AvgIpc) is 3.31. The number of fused-ring (bicyclic) bond motifs is 1. The molecule has 3 fully saturated rings. The second-order valence-electron chi connectivity index (χ2n) is 8.19. The highest BCUT2D eigenvalue weighted by Gasteiger charge is 2.47. The predicted molar refractivity (Wildman–Crippen MR) is 95.3 cm³/mol. The van der Waals surface area contributed by atoms with Gasteiger partial charge >= 0.3 is 0 Å². The Kier molecular flexibility index (Phi) is 4.50. The van der Waals surface area contributed by atoms with Gasteiger partial charge < -0.3 is 14.9 Å². The van der Waals surface area contributed by atoms with Crippen molar-refractivity contribution in [1.82, 2.24) is 19.6 Å². The smallest absolute Gasteiger partial charge is 0.274 e. The average molecular weight is 360 g/mol. The molecule has 0 aromatic carbocycles. The molecule has 2 saturated heterocycles. The first kappa shape index (κ1) is 17.5. The second kappa shape index (κ2) is 6.68. The molecule has 0 radical (unpaired) electrons. The SMILES string of the molecule is Cn1ccc(C(=O)N2CC[C@@]3(O)CCN(C(=O)C4CCCC4)C[C@H]3C2)n1. The summed E-state index contributed by atoms with van der Waals surface area (Å²) in [4.78, 5) is 29.2. The molecule has 142 valence electrons. The number of carbonyl (C=O) groups excluding carboxylic acids is 2. The summed E-state index contributed by atoms with van der Waals surface area (Å²) < 4.78 is 1.62. The Labute approximate surface area is 153 Å². The Balaban J connectivity index is 1.44. The lowest BCUT2D eigenvalue weighted by Gasteiger charge is -2.50. The Bertz CT molecular complexity index is 697. The molecule has 1 N–H and O–H groups in total. The number of aliphatic hydroxyl groups is 1. The van der Waals surface area contributed by atoms with Gasteiger partial charge in [0.05, 0.1) is 5.60 Å². The van der Waals surface area contributed by atoms with Gasteiger partial charge in [-0.15, -0.1) is 0 Å². The van der Waals surface area contributed by atoms with Gasteiger partial charge in [0.15, 0.2) is 0 Å². The van der Waals surface area contributed by atoms with Crippen LogP contribution in [-0.4, -0.2) is 68.3 Å². The summed E-state index contributed by atoms with van der Waals surface area (Å²) in [6.07, 6.45) is 7.22. The van der Waals surface area contributed by atoms with Crippen molar-refractivity contribution in [2.45, 2.75) is 44.1 Å². The third kappa shape index (κ3) is 3.13. The molecule has 3 heterocycles. The molecule has 1 aliphatic carbocycles. The summed E-state index contributed by atoms with van der Waals surface area (Å²) in [7, 11) is 1.79. The Morgan fingerprint density at radius 2 is 1.81 bits per heavy atom. The summed E-state index contributed by atoms with van der Waals surface area (Å²) in [6, 6.07) is 1.72. The minimum Gasteiger partial charge on any atom is -0.389 e. The van der Waals surface area contributed by atoms with E-state index < -0.39 is 5.60 Å². The van der Waals surface area contributed by atoms with Crippen LogP contribution in [0.25, 0.3) is 0 Å². The van der Waals surface area contributed by atoms with Crippen molar-refractivity contribution >= 4 is 11.8 Å². The van der Waals surface area contributed by atoms with Gasteiger partial charge in [0, 0.05) is 51.3 Å². The van der Waals surface area contributed by atoms with Crippen LogP contribution in [0.5, 0.6) is 0 Å². The number of hydrogen-bond donors (Lipinski definition) is 1. The van der Waals surface area contributed by atoms with Crippen molar-refractivity contribution in [2.24, 2.45) is 18.9 Å². The minimum absolute atomic E-state index is 0.0805. The highest BCUT2D eigenvalue weighted by atomic mass is 16.3. The number of hydrogen-bond acceptors (Lipinski definition) is 4. The minimum atomic E-state index is -0.757. The molecule has 2 amide bonds. The van der Waals surface area contributed by atoms with Crippen LogP contribution in [0.2, 0.25) is 0 Å². The van der Waals surface area contributed by atoms with Crippen LogP contribution < -0.4 is 0 Å². The summed E-state index contributed by atoms with van der Waals surface area (Å²) in [5, 5.41) is 15.2. The molecule has 0 unspecified atom stereocenters. The van der Waals surface area contributed by atoms with Crippen LogP contribution >= 0.6 is 0 Å². The van der Waals surface area contributed by atoms with E-state index in [9.17, 15) is 14.7 Å². The lowest BCUT2D eigenvalue weighted by Crippen LogP contribution is -2.61. The first-order valence-electron chi connectivity index (χ1n) is 9.76. The van der Waals surface area contributed by atoms with Crippen molar-refractivity contribution in [3.8, 4) is 0 Å². The van der Waals surface area contributed by atoms with Crippen molar-refractivity contribution in [3.05, 3.63) is 18.0 Å². The first-order chi connectivity index (χ1) is 12.5. The molecule has 1 aromatic heterocycles. The lowest BCUT2D eigenvalue weighted by molar-refractivity contribution is -0.148. The van der Waals surface area contributed by atoms with Gasteiger partial charge in [-0.3, -0.25) is 14.3 Å². The quantitative estimate of drug-likeness (QED) is 0.855. The highest BCUT2D eigenvalue weighted by molar-refractivity contribution is 5.92. The number of likely N-dealkylation sites (tertiary alicyclic amines) is 2. The Morgan fingerprint density at radius 1 is 1.15 bits per heavy atom. The van der Waals surface area contributed by atoms with E-state index in [-0.39, 0.29) is 23.7 Å². The van der Waals surface area contributed by atoms with Gasteiger partial charge in [-0.2, -0.15) is 5.10 Å². The summed E-state index contributed by atoms with van der Waals surface area (Å²) in [6.45, 7) is 2.22. The van der Waals surface area contributed by atoms with E-state index in [0.717, 1.165) is 25.7 Å². The number of aromatic nitrogens is 2. The zero-order chi connectivity index (χ0) is 18.3. The van der Waals surface area contributed by atoms with E-state index in [0.29, 0.717) is 44.7 Å². The van der Waals surface area contributed by atoms with Crippen LogP contribution in [0.1, 0.15) is 49.0 Å². The van der Waals surface area contributed by atoms with Crippen LogP contribution in [0, 0.1) is 11.8 Å². The fraction of sp³-hybridized carbons (Fsp3) is 0.737. The zero-order valence-corrected chi connectivity index (χ0v) is 15.4. The summed E-state index contributed by atoms with van der Waals surface area (Å²) in [5.74, 6) is 0.240. The standard InChI is InChI=1S/C19H28N4O3/c1-21-9-6-16(20-21)18(25)23-11-8-19(26)7-10-22(12-15(19)13-23)17(24)14-4-2-3-5-14/h6,9,14-15,26H,2-5,7-8,10-13H2,1H3/t15-,19-/m0/s1. The fourth-order valence-corrected chi connectivity index (χ4v) is 4.81. The van der Waals surface area contributed by atoms with Gasteiger partial charge in [0.25, 0.3) is 5.91 Å². The van der Waals surface area contributed by atoms with E-state index in [2.05, 4.69) is 5.10 Å². The van der Waals surface area contributed by atoms with Crippen molar-refractivity contribution in [3.63, 3.8) is 0 Å². The monoisotopic (exact) mass is 360 g/mol. The van der Waals surface area contributed by atoms with Gasteiger partial charge in [-0.1, -0.05) is 12.8 Å². The normalized spacial score (nSPS) is 29.7. The maximum atomic E-state index is 12.8. The number of piperidine rings is 2. The first-order valence-corrected chi connectivity index (χ1v) is 9.76. The van der Waals surface area contributed by atoms with Gasteiger partial charge in [0.1, 0.15) is 5.69 Å². The highest BCUT2D eigenvalue weighted by Crippen LogP contribution is 2.37. The van der Waals surface area contributed by atoms with E-state index >= 15 is 0 Å². The van der Waals surface area contributed by atoms with Gasteiger partial charge in [-0.25, -0.2) is 0 Å². The van der Waals surface area contributed by atoms with E-state index in [4.69, 9.17) is 0 Å². The van der Waals surface area contributed by atoms with E-state index in [1.807, 2.05) is 4.90 Å². The molecule has 26 heavy (non-hydrogen) atoms. The number of carbonyl (C=O) groups is 2. The molecule has 1 saturated carbocycles. The Hall–Kier alpha value is -1.89. The third-order valence-corrected chi connectivity index (χ3v) is 6.51. The van der Waals surface area contributed by atoms with Crippen LogP contribution in [-0.2, 0) is 11.8 Å². The molecule has 3 aliphatic rings. The number of rotatable bonds is 2. The van der Waals surface area contributed by atoms with Crippen LogP contribution in [0.15, 0.2) is 12.3 Å². The third-order valence-electron chi connectivity index (χ3n) is 6.51. The molecular weight excluding hydrogens is 332 g/mol. The van der Waals surface area contributed by atoms with Crippen molar-refractivity contribution in [2.75, 3.05) is 26.2 Å². The maximum Gasteiger partial charge on any atom is 0.274 e. The molecule has 4 rings (SSSR count). The Morgan fingerprint density at radius 3 is 2.46 bits per heavy atom. The second-order valence-corrected chi connectivity index (χ2v) is 8.19. The molecular formula is C19H28N4O3. The molecule has 0 bridgehead atoms. The molecule has 2 aliphatic heterocycles. The number of amides is 2. The molecule has 1 aromatic rings. The molecule has 7 nitrogen and oxygen atoms in total. The lowest BCUT2D eigenvalue weighted by atomic mass is 9.75. The van der Waals surface area contributed by atoms with Crippen LogP contribution in [0.4, 0.5) is 0 Å². The van der Waals surface area contributed by atoms with E-state index in [1.54, 1.807) is 28.9 Å². The topological polar surface area (TPSA) is 78.7 Å². The largest absolute Gasteiger partial charge is 0.389 e. The predicted octanol–water partition coefficient (Wildman–Crippen LogP) is 1.04. The fourth-order valence-electron chi connectivity index (χ4n) is 4.81.